The van der Waals surface area contributed by atoms with Crippen molar-refractivity contribution in [3.05, 3.63) is 59.8 Å². The molecule has 0 spiro atoms. The molecule has 1 fully saturated rings. The number of β-lactam (4-membered cyclic amide) rings is 1. The van der Waals surface area contributed by atoms with E-state index in [1.807, 2.05) is 18.2 Å². The molecule has 2 aliphatic rings. The number of rotatable bonds is 5. The topological polar surface area (TPSA) is 81.9 Å². The fraction of sp³-hybridized carbons (Fsp3) is 0.294. The Bertz CT molecular complexity index is 704. The van der Waals surface area contributed by atoms with E-state index in [-0.39, 0.29) is 17.0 Å². The number of fused-ring (bicyclic) bond motifs is 1. The van der Waals surface area contributed by atoms with Gasteiger partial charge < -0.3 is 15.2 Å². The van der Waals surface area contributed by atoms with Gasteiger partial charge in [-0.25, -0.2) is 4.79 Å². The third-order valence-corrected chi connectivity index (χ3v) is 5.30. The zero-order valence-electron chi connectivity index (χ0n) is 13.2. The molecule has 1 aromatic carbocycles. The van der Waals surface area contributed by atoms with Crippen molar-refractivity contribution < 1.29 is 19.1 Å². The Kier molecular flexibility index (Phi) is 4.75. The number of nitrogens with two attached hydrogens (primary N) is 1. The predicted molar refractivity (Wildman–Crippen MR) is 90.6 cm³/mol. The van der Waals surface area contributed by atoms with Crippen molar-refractivity contribution in [2.45, 2.75) is 17.7 Å². The molecule has 1 aromatic rings. The number of carbonyl (C=O) groups excluding carboxylic acids is 2. The van der Waals surface area contributed by atoms with Gasteiger partial charge in [-0.1, -0.05) is 43.0 Å². The Hall–Kier alpha value is -2.09. The average Bonchev–Trinajstić information content (AvgIpc) is 2.64. The summed E-state index contributed by atoms with van der Waals surface area (Å²) in [5.41, 5.74) is 7.38. The highest BCUT2D eigenvalue weighted by atomic mass is 32.2. The molecule has 3 rings (SSSR count). The molecule has 0 radical (unpaired) electrons. The van der Waals surface area contributed by atoms with Gasteiger partial charge in [0, 0.05) is 18.4 Å². The van der Waals surface area contributed by atoms with Crippen LogP contribution in [0.4, 0.5) is 0 Å². The number of carbonyl (C=O) groups is 2. The number of nitrogens with zero attached hydrogens (tertiary/aromatic N) is 1. The minimum Gasteiger partial charge on any atom is -0.427 e. The molecule has 126 valence electrons. The van der Waals surface area contributed by atoms with Crippen LogP contribution in [0.25, 0.3) is 0 Å². The Morgan fingerprint density at radius 3 is 2.79 bits per heavy atom. The van der Waals surface area contributed by atoms with E-state index in [0.717, 1.165) is 0 Å². The summed E-state index contributed by atoms with van der Waals surface area (Å²) in [6.07, 6.45) is 0.719. The number of thioether (sulfide) groups is 1. The van der Waals surface area contributed by atoms with E-state index in [4.69, 9.17) is 15.2 Å². The molecular weight excluding hydrogens is 328 g/mol. The first-order valence-electron chi connectivity index (χ1n) is 7.43. The number of allylic oxidation sites excluding steroid dienone is 1. The van der Waals surface area contributed by atoms with Crippen molar-refractivity contribution in [1.29, 1.82) is 0 Å². The number of esters is 1. The molecule has 2 unspecified atom stereocenters. The number of ether oxygens (including phenoxy) is 2. The second-order valence-electron chi connectivity index (χ2n) is 5.40. The van der Waals surface area contributed by atoms with Crippen LogP contribution in [0.15, 0.2) is 54.3 Å². The van der Waals surface area contributed by atoms with Crippen LogP contribution in [0, 0.1) is 0 Å². The van der Waals surface area contributed by atoms with Gasteiger partial charge in [0.25, 0.3) is 0 Å². The van der Waals surface area contributed by atoms with Crippen LogP contribution in [-0.4, -0.2) is 41.1 Å². The van der Waals surface area contributed by atoms with Gasteiger partial charge in [0.2, 0.25) is 12.2 Å². The Balaban J connectivity index is 1.85. The lowest BCUT2D eigenvalue weighted by molar-refractivity contribution is -0.175. The Morgan fingerprint density at radius 2 is 2.17 bits per heavy atom. The highest BCUT2D eigenvalue weighted by molar-refractivity contribution is 8.00. The lowest BCUT2D eigenvalue weighted by atomic mass is 10.0. The van der Waals surface area contributed by atoms with Crippen molar-refractivity contribution in [2.24, 2.45) is 5.73 Å². The lowest BCUT2D eigenvalue weighted by Crippen LogP contribution is -2.68. The van der Waals surface area contributed by atoms with Crippen molar-refractivity contribution in [3.63, 3.8) is 0 Å². The molecule has 2 N–H and O–H groups in total. The molecule has 1 saturated heterocycles. The summed E-state index contributed by atoms with van der Waals surface area (Å²) in [5, 5.41) is -0.235. The lowest BCUT2D eigenvalue weighted by Gasteiger charge is -2.48. The monoisotopic (exact) mass is 346 g/mol. The molecule has 7 heteroatoms. The second kappa shape index (κ2) is 6.80. The number of hydrogen-bond donors (Lipinski definition) is 1. The molecule has 0 saturated carbocycles. The summed E-state index contributed by atoms with van der Waals surface area (Å²) in [5.74, 6) is -0.350. The van der Waals surface area contributed by atoms with Crippen molar-refractivity contribution in [2.75, 3.05) is 12.9 Å². The van der Waals surface area contributed by atoms with Gasteiger partial charge in [-0.2, -0.15) is 0 Å². The molecule has 2 aliphatic heterocycles. The standard InChI is InChI=1S/C17H18N2O4S/c1-3-10-9-24-15-12(18)14(20)19(15)13(10)16(21)23-17(22-2)11-7-5-4-6-8-11/h3-8,12,15,17H,1,9,18H2,2H3/t12?,15-,17?/m0/s1. The molecule has 2 heterocycles. The Labute approximate surface area is 144 Å². The van der Waals surface area contributed by atoms with Crippen molar-refractivity contribution >= 4 is 23.6 Å². The minimum atomic E-state index is -0.852. The molecule has 6 nitrogen and oxygen atoms in total. The summed E-state index contributed by atoms with van der Waals surface area (Å²) in [7, 11) is 1.46. The van der Waals surface area contributed by atoms with Crippen LogP contribution >= 0.6 is 11.8 Å². The maximum atomic E-state index is 12.7. The molecule has 24 heavy (non-hydrogen) atoms. The summed E-state index contributed by atoms with van der Waals surface area (Å²) < 4.78 is 10.8. The third-order valence-electron chi connectivity index (χ3n) is 3.98. The molecule has 0 aromatic heterocycles. The van der Waals surface area contributed by atoms with Crippen LogP contribution in [0.5, 0.6) is 0 Å². The first-order chi connectivity index (χ1) is 11.6. The smallest absolute Gasteiger partial charge is 0.357 e. The molecule has 0 aliphatic carbocycles. The van der Waals surface area contributed by atoms with Crippen molar-refractivity contribution in [1.82, 2.24) is 4.90 Å². The first kappa shape index (κ1) is 16.8. The molecule has 1 amide bonds. The third kappa shape index (κ3) is 2.75. The van der Waals surface area contributed by atoms with Gasteiger partial charge >= 0.3 is 5.97 Å². The SMILES string of the molecule is C=CC1=C(C(=O)OC(OC)c2ccccc2)N2C(=O)C(N)[C@@H]2SC1. The first-order valence-corrected chi connectivity index (χ1v) is 8.48. The van der Waals surface area contributed by atoms with Gasteiger partial charge in [0.05, 0.1) is 0 Å². The number of methoxy groups -OCH3 is 1. The van der Waals surface area contributed by atoms with Crippen LogP contribution in [0.2, 0.25) is 0 Å². The molecular formula is C17H18N2O4S. The van der Waals surface area contributed by atoms with Crippen molar-refractivity contribution in [3.8, 4) is 0 Å². The largest absolute Gasteiger partial charge is 0.427 e. The van der Waals surface area contributed by atoms with Crippen LogP contribution in [0.1, 0.15) is 11.9 Å². The highest BCUT2D eigenvalue weighted by Crippen LogP contribution is 2.40. The Morgan fingerprint density at radius 1 is 1.46 bits per heavy atom. The van der Waals surface area contributed by atoms with E-state index < -0.39 is 18.3 Å². The van der Waals surface area contributed by atoms with Crippen LogP contribution < -0.4 is 5.73 Å². The minimum absolute atomic E-state index is 0.207. The van der Waals surface area contributed by atoms with Crippen LogP contribution in [-0.2, 0) is 19.1 Å². The summed E-state index contributed by atoms with van der Waals surface area (Å²) in [4.78, 5) is 26.2. The summed E-state index contributed by atoms with van der Waals surface area (Å²) >= 11 is 1.51. The predicted octanol–water partition coefficient (Wildman–Crippen LogP) is 1.56. The second-order valence-corrected chi connectivity index (χ2v) is 6.50. The van der Waals surface area contributed by atoms with Crippen LogP contribution in [0.3, 0.4) is 0 Å². The van der Waals surface area contributed by atoms with E-state index >= 15 is 0 Å². The number of amides is 1. The van der Waals surface area contributed by atoms with E-state index in [0.29, 0.717) is 16.9 Å². The number of benzene rings is 1. The summed E-state index contributed by atoms with van der Waals surface area (Å²) in [6.45, 7) is 3.72. The molecule has 0 bridgehead atoms. The maximum Gasteiger partial charge on any atom is 0.357 e. The number of hydrogen-bond acceptors (Lipinski definition) is 6. The zero-order chi connectivity index (χ0) is 17.3. The van der Waals surface area contributed by atoms with Gasteiger partial charge in [-0.15, -0.1) is 11.8 Å². The fourth-order valence-electron chi connectivity index (χ4n) is 2.70. The maximum absolute atomic E-state index is 12.7. The normalized spacial score (nSPS) is 24.1. The highest BCUT2D eigenvalue weighted by Gasteiger charge is 2.52. The van der Waals surface area contributed by atoms with Gasteiger partial charge in [-0.3, -0.25) is 9.69 Å². The fourth-order valence-corrected chi connectivity index (χ4v) is 3.99. The molecule has 3 atom stereocenters. The quantitative estimate of drug-likeness (QED) is 0.495. The van der Waals surface area contributed by atoms with E-state index in [1.165, 1.54) is 23.8 Å². The zero-order valence-corrected chi connectivity index (χ0v) is 14.0. The summed E-state index contributed by atoms with van der Waals surface area (Å²) in [6, 6.07) is 8.53. The van der Waals surface area contributed by atoms with Gasteiger partial charge in [0.1, 0.15) is 17.1 Å². The van der Waals surface area contributed by atoms with E-state index in [9.17, 15) is 9.59 Å². The van der Waals surface area contributed by atoms with Gasteiger partial charge in [0.15, 0.2) is 0 Å². The van der Waals surface area contributed by atoms with Gasteiger partial charge in [-0.05, 0) is 5.57 Å². The average molecular weight is 346 g/mol. The van der Waals surface area contributed by atoms with E-state index in [1.54, 1.807) is 18.2 Å². The van der Waals surface area contributed by atoms with E-state index in [2.05, 4.69) is 6.58 Å².